The van der Waals surface area contributed by atoms with E-state index < -0.39 is 17.9 Å². The number of benzene rings is 4. The Morgan fingerprint density at radius 3 is 1.00 bits per heavy atom. The summed E-state index contributed by atoms with van der Waals surface area (Å²) in [6, 6.07) is 42.8. The van der Waals surface area contributed by atoms with Gasteiger partial charge in [-0.3, -0.25) is 9.59 Å². The van der Waals surface area contributed by atoms with Crippen LogP contribution in [0.15, 0.2) is 121 Å². The number of rotatable bonds is 7. The van der Waals surface area contributed by atoms with E-state index in [1.165, 1.54) is 21.2 Å². The summed E-state index contributed by atoms with van der Waals surface area (Å²) in [7, 11) is 0. The van der Waals surface area contributed by atoms with Crippen molar-refractivity contribution in [3.05, 3.63) is 136 Å². The molecule has 4 rings (SSSR count). The second kappa shape index (κ2) is 16.8. The van der Waals surface area contributed by atoms with E-state index in [0.29, 0.717) is 0 Å². The zero-order valence-corrected chi connectivity index (χ0v) is 23.6. The third-order valence-electron chi connectivity index (χ3n) is 4.27. The summed E-state index contributed by atoms with van der Waals surface area (Å²) in [5.41, 5.74) is 0. The molecule has 4 aromatic carbocycles. The molecule has 0 spiro atoms. The molecule has 6 heteroatoms. The zero-order chi connectivity index (χ0) is 25.3. The Morgan fingerprint density at radius 2 is 0.829 bits per heavy atom. The second-order valence-corrected chi connectivity index (χ2v) is 13.3. The minimum atomic E-state index is -1.08. The molecule has 0 saturated heterocycles. The molecular formula is C29H28I2O4-2. The summed E-state index contributed by atoms with van der Waals surface area (Å²) < 4.78 is 5.92. The number of hydrogen-bond donors (Lipinski definition) is 2. The molecule has 2 N–H and O–H groups in total. The van der Waals surface area contributed by atoms with Gasteiger partial charge >= 0.3 is 190 Å². The zero-order valence-electron chi connectivity index (χ0n) is 19.3. The maximum atomic E-state index is 9.97. The Hall–Kier alpha value is -2.72. The van der Waals surface area contributed by atoms with Crippen molar-refractivity contribution in [3.8, 4) is 0 Å². The number of hydrogen-bond acceptors (Lipinski definition) is 2. The van der Waals surface area contributed by atoms with Crippen LogP contribution in [0, 0.1) is 20.2 Å². The van der Waals surface area contributed by atoms with Gasteiger partial charge < -0.3 is 10.2 Å². The molecule has 0 fully saturated rings. The Morgan fingerprint density at radius 1 is 0.571 bits per heavy atom. The quantitative estimate of drug-likeness (QED) is 0.264. The normalized spacial score (nSPS) is 10.8. The summed E-state index contributed by atoms with van der Waals surface area (Å²) in [5.74, 6) is -2.94. The fourth-order valence-electron chi connectivity index (χ4n) is 2.51. The van der Waals surface area contributed by atoms with Gasteiger partial charge in [0.25, 0.3) is 0 Å². The van der Waals surface area contributed by atoms with Gasteiger partial charge in [-0.25, -0.2) is 0 Å². The second-order valence-electron chi connectivity index (χ2n) is 7.21. The van der Waals surface area contributed by atoms with Crippen molar-refractivity contribution >= 4 is 11.9 Å². The molecule has 4 nitrogen and oxygen atoms in total. The summed E-state index contributed by atoms with van der Waals surface area (Å²) in [4.78, 5) is 19.8. The number of aliphatic carboxylic acids is 2. The number of halogens is 2. The van der Waals surface area contributed by atoms with Gasteiger partial charge in [0.15, 0.2) is 0 Å². The molecule has 184 valence electrons. The van der Waals surface area contributed by atoms with Crippen LogP contribution in [0.2, 0.25) is 0 Å². The standard InChI is InChI=1S/2C12H10I.C5H8O4/c2*1-3-7-11(8-4-1)13-12-9-5-2-6-10-12;1-3(5(8)9)2-4(6)7/h2*1-10H;3H,2H2,1H3,(H,6,7)(H,8,9)/q2*-1;. The van der Waals surface area contributed by atoms with Crippen molar-refractivity contribution in [2.24, 2.45) is 5.92 Å². The van der Waals surface area contributed by atoms with E-state index in [9.17, 15) is 9.59 Å². The molecule has 4 aromatic rings. The van der Waals surface area contributed by atoms with Gasteiger partial charge in [-0.1, -0.05) is 6.92 Å². The van der Waals surface area contributed by atoms with Crippen molar-refractivity contribution in [1.29, 1.82) is 0 Å². The van der Waals surface area contributed by atoms with Crippen LogP contribution < -0.4 is 42.4 Å². The van der Waals surface area contributed by atoms with Crippen LogP contribution in [0.1, 0.15) is 13.3 Å². The van der Waals surface area contributed by atoms with Gasteiger partial charge in [0.2, 0.25) is 0 Å². The molecule has 0 aliphatic heterocycles. The van der Waals surface area contributed by atoms with Gasteiger partial charge in [-0.05, 0) is 0 Å². The van der Waals surface area contributed by atoms with Crippen molar-refractivity contribution in [1.82, 2.24) is 0 Å². The first-order valence-electron chi connectivity index (χ1n) is 10.9. The van der Waals surface area contributed by atoms with Crippen LogP contribution in [0.25, 0.3) is 0 Å². The molecule has 1 unspecified atom stereocenters. The van der Waals surface area contributed by atoms with Crippen LogP contribution in [0.5, 0.6) is 0 Å². The maximum absolute atomic E-state index is 9.97. The Balaban J connectivity index is 0.000000190. The minimum absolute atomic E-state index is 0.0287. The third-order valence-corrected chi connectivity index (χ3v) is 9.64. The molecule has 0 saturated carbocycles. The van der Waals surface area contributed by atoms with Gasteiger partial charge in [0.05, 0.1) is 12.3 Å². The first-order valence-corrected chi connectivity index (χ1v) is 15.2. The summed E-state index contributed by atoms with van der Waals surface area (Å²) >= 11 is 0.0574. The fraction of sp³-hybridized carbons (Fsp3) is 0.103. The van der Waals surface area contributed by atoms with Crippen LogP contribution in [-0.4, -0.2) is 22.2 Å². The Labute approximate surface area is 227 Å². The van der Waals surface area contributed by atoms with Gasteiger partial charge in [0.1, 0.15) is 0 Å². The van der Waals surface area contributed by atoms with Crippen LogP contribution in [0.4, 0.5) is 0 Å². The fourth-order valence-corrected chi connectivity index (χ4v) is 7.05. The monoisotopic (exact) mass is 694 g/mol. The molecule has 0 radical (unpaired) electrons. The summed E-state index contributed by atoms with van der Waals surface area (Å²) in [6.45, 7) is 1.36. The third kappa shape index (κ3) is 13.1. The average molecular weight is 694 g/mol. The predicted molar refractivity (Wildman–Crippen MR) is 130 cm³/mol. The Bertz CT molecular complexity index is 970. The number of carbonyl (C=O) groups is 2. The molecule has 0 amide bonds. The first-order chi connectivity index (χ1) is 16.9. The van der Waals surface area contributed by atoms with Gasteiger partial charge in [-0.2, -0.15) is 0 Å². The van der Waals surface area contributed by atoms with E-state index in [0.717, 1.165) is 0 Å². The van der Waals surface area contributed by atoms with E-state index in [4.69, 9.17) is 10.2 Å². The van der Waals surface area contributed by atoms with Crippen molar-refractivity contribution < 1.29 is 62.2 Å². The van der Waals surface area contributed by atoms with E-state index in [1.807, 2.05) is 0 Å². The van der Waals surface area contributed by atoms with E-state index in [1.54, 1.807) is 0 Å². The van der Waals surface area contributed by atoms with Crippen molar-refractivity contribution in [2.45, 2.75) is 13.3 Å². The molecule has 0 aliphatic carbocycles. The van der Waals surface area contributed by atoms with Crippen molar-refractivity contribution in [2.75, 3.05) is 0 Å². The van der Waals surface area contributed by atoms with E-state index in [-0.39, 0.29) is 48.8 Å². The molecule has 0 heterocycles. The topological polar surface area (TPSA) is 74.6 Å². The molecule has 1 atom stereocenters. The SMILES string of the molecule is CC(CC(=O)O)C(=O)O.c1ccc([I-]c2ccccc2)cc1.c1ccc([I-]c2ccccc2)cc1. The molecule has 35 heavy (non-hydrogen) atoms. The predicted octanol–water partition coefficient (Wildman–Crippen LogP) is -0.188. The van der Waals surface area contributed by atoms with E-state index in [2.05, 4.69) is 121 Å². The molecule has 0 aromatic heterocycles. The van der Waals surface area contributed by atoms with Gasteiger partial charge in [0, 0.05) is 0 Å². The van der Waals surface area contributed by atoms with Gasteiger partial charge in [-0.15, -0.1) is 0 Å². The molecular weight excluding hydrogens is 666 g/mol. The molecule has 0 aliphatic rings. The summed E-state index contributed by atoms with van der Waals surface area (Å²) in [5, 5.41) is 16.2. The first kappa shape index (κ1) is 28.5. The number of carboxylic acids is 2. The Kier molecular flexibility index (Phi) is 13.7. The van der Waals surface area contributed by atoms with E-state index >= 15 is 0 Å². The van der Waals surface area contributed by atoms with Crippen LogP contribution in [-0.2, 0) is 9.59 Å². The van der Waals surface area contributed by atoms with Crippen LogP contribution >= 0.6 is 0 Å². The number of carboxylic acid groups (broad SMARTS) is 2. The van der Waals surface area contributed by atoms with Crippen LogP contribution in [0.3, 0.4) is 0 Å². The average Bonchev–Trinajstić information content (AvgIpc) is 2.87. The van der Waals surface area contributed by atoms with Crippen molar-refractivity contribution in [3.63, 3.8) is 0 Å². The summed E-state index contributed by atoms with van der Waals surface area (Å²) in [6.07, 6.45) is -0.310. The molecule has 0 bridgehead atoms.